The van der Waals surface area contributed by atoms with Gasteiger partial charge < -0.3 is 10.2 Å². The third-order valence-electron chi connectivity index (χ3n) is 2.78. The molecule has 0 aromatic carbocycles. The molecule has 7 heteroatoms. The van der Waals surface area contributed by atoms with Gasteiger partial charge in [-0.3, -0.25) is 0 Å². The fourth-order valence-corrected chi connectivity index (χ4v) is 1.84. The van der Waals surface area contributed by atoms with E-state index in [-0.39, 0.29) is 11.9 Å². The second kappa shape index (κ2) is 6.76. The first-order valence-corrected chi connectivity index (χ1v) is 6.76. The first kappa shape index (κ1) is 16.5. The van der Waals surface area contributed by atoms with Crippen LogP contribution in [0.1, 0.15) is 39.9 Å². The lowest BCUT2D eigenvalue weighted by Crippen LogP contribution is -2.32. The topological polar surface area (TPSA) is 41.0 Å². The lowest BCUT2D eigenvalue weighted by Gasteiger charge is -2.27. The molecule has 0 fully saturated rings. The summed E-state index contributed by atoms with van der Waals surface area (Å²) in [5.74, 6) is -0.598. The zero-order valence-corrected chi connectivity index (χ0v) is 12.3. The highest BCUT2D eigenvalue weighted by Crippen LogP contribution is 2.29. The number of nitrogens with zero attached hydrogens (tertiary/aromatic N) is 3. The Labute approximate surface area is 117 Å². The molecule has 0 aliphatic heterocycles. The first-order valence-electron chi connectivity index (χ1n) is 6.76. The molecule has 0 radical (unpaired) electrons. The predicted molar refractivity (Wildman–Crippen MR) is 74.0 cm³/mol. The van der Waals surface area contributed by atoms with Gasteiger partial charge in [-0.25, -0.2) is 9.97 Å². The zero-order valence-electron chi connectivity index (χ0n) is 12.3. The normalized spacial score (nSPS) is 11.8. The molecule has 114 valence electrons. The summed E-state index contributed by atoms with van der Waals surface area (Å²) in [6.07, 6.45) is -3.74. The van der Waals surface area contributed by atoms with Crippen LogP contribution in [0.25, 0.3) is 0 Å². The Kier molecular flexibility index (Phi) is 5.59. The van der Waals surface area contributed by atoms with Crippen LogP contribution in [0.3, 0.4) is 0 Å². The number of aromatic nitrogens is 2. The molecule has 1 N–H and O–H groups in total. The molecule has 1 aromatic heterocycles. The second-order valence-corrected chi connectivity index (χ2v) is 4.74. The Morgan fingerprint density at radius 2 is 1.90 bits per heavy atom. The number of halogens is 3. The highest BCUT2D eigenvalue weighted by molar-refractivity contribution is 5.50. The van der Waals surface area contributed by atoms with E-state index < -0.39 is 12.0 Å². The van der Waals surface area contributed by atoms with Crippen molar-refractivity contribution in [2.45, 2.75) is 46.3 Å². The first-order chi connectivity index (χ1) is 9.29. The predicted octanol–water partition coefficient (Wildman–Crippen LogP) is 3.55. The van der Waals surface area contributed by atoms with Gasteiger partial charge >= 0.3 is 6.18 Å². The molecule has 1 rings (SSSR count). The zero-order chi connectivity index (χ0) is 15.3. The van der Waals surface area contributed by atoms with E-state index >= 15 is 0 Å². The van der Waals surface area contributed by atoms with E-state index in [0.717, 1.165) is 6.42 Å². The maximum absolute atomic E-state index is 12.9. The van der Waals surface area contributed by atoms with E-state index in [2.05, 4.69) is 15.3 Å². The van der Waals surface area contributed by atoms with Crippen LogP contribution < -0.4 is 10.2 Å². The van der Waals surface area contributed by atoms with Gasteiger partial charge in [-0.2, -0.15) is 13.2 Å². The summed E-state index contributed by atoms with van der Waals surface area (Å²) in [5, 5.41) is 2.89. The lowest BCUT2D eigenvalue weighted by molar-refractivity contribution is -0.144. The van der Waals surface area contributed by atoms with E-state index in [1.54, 1.807) is 11.0 Å². The van der Waals surface area contributed by atoms with Crippen LogP contribution in [0.15, 0.2) is 6.07 Å². The van der Waals surface area contributed by atoms with Crippen LogP contribution in [0.5, 0.6) is 0 Å². The van der Waals surface area contributed by atoms with Crippen LogP contribution in [0.2, 0.25) is 0 Å². The minimum absolute atomic E-state index is 0.0648. The Bertz CT molecular complexity index is 432. The average molecular weight is 290 g/mol. The molecule has 1 aromatic rings. The fraction of sp³-hybridized carbons (Fsp3) is 0.692. The van der Waals surface area contributed by atoms with Crippen molar-refractivity contribution in [2.24, 2.45) is 0 Å². The third kappa shape index (κ3) is 4.25. The summed E-state index contributed by atoms with van der Waals surface area (Å²) in [7, 11) is 0. The summed E-state index contributed by atoms with van der Waals surface area (Å²) in [5.41, 5.74) is 0. The van der Waals surface area contributed by atoms with Gasteiger partial charge in [-0.15, -0.1) is 0 Å². The molecule has 0 atom stereocenters. The van der Waals surface area contributed by atoms with Crippen molar-refractivity contribution < 1.29 is 13.2 Å². The van der Waals surface area contributed by atoms with Gasteiger partial charge in [0.2, 0.25) is 5.82 Å². The highest BCUT2D eigenvalue weighted by Gasteiger charge is 2.36. The maximum atomic E-state index is 12.9. The SMILES string of the molecule is CCCNc1cc(N(CC)C(C)C)nc(C(F)(F)F)n1. The van der Waals surface area contributed by atoms with Gasteiger partial charge in [0.25, 0.3) is 0 Å². The van der Waals surface area contributed by atoms with Crippen molar-refractivity contribution in [3.63, 3.8) is 0 Å². The summed E-state index contributed by atoms with van der Waals surface area (Å²) in [6.45, 7) is 8.80. The minimum Gasteiger partial charge on any atom is -0.370 e. The van der Waals surface area contributed by atoms with E-state index in [4.69, 9.17) is 0 Å². The van der Waals surface area contributed by atoms with Gasteiger partial charge in [0.15, 0.2) is 0 Å². The number of hydrogen-bond donors (Lipinski definition) is 1. The summed E-state index contributed by atoms with van der Waals surface area (Å²) in [6, 6.07) is 1.63. The van der Waals surface area contributed by atoms with Gasteiger partial charge in [0, 0.05) is 25.2 Å². The molecule has 4 nitrogen and oxygen atoms in total. The minimum atomic E-state index is -4.55. The quantitative estimate of drug-likeness (QED) is 0.870. The van der Waals surface area contributed by atoms with Crippen molar-refractivity contribution in [1.82, 2.24) is 9.97 Å². The average Bonchev–Trinajstić information content (AvgIpc) is 2.35. The molecule has 0 saturated heterocycles. The van der Waals surface area contributed by atoms with Crippen LogP contribution in [0, 0.1) is 0 Å². The monoisotopic (exact) mass is 290 g/mol. The largest absolute Gasteiger partial charge is 0.451 e. The smallest absolute Gasteiger partial charge is 0.370 e. The molecule has 20 heavy (non-hydrogen) atoms. The number of alkyl halides is 3. The Morgan fingerprint density at radius 3 is 2.35 bits per heavy atom. The number of hydrogen-bond acceptors (Lipinski definition) is 4. The van der Waals surface area contributed by atoms with Crippen LogP contribution in [0.4, 0.5) is 24.8 Å². The van der Waals surface area contributed by atoms with Crippen LogP contribution in [-0.2, 0) is 6.18 Å². The number of anilines is 2. The third-order valence-corrected chi connectivity index (χ3v) is 2.78. The molecular formula is C13H21F3N4. The summed E-state index contributed by atoms with van der Waals surface area (Å²) < 4.78 is 38.6. The van der Waals surface area contributed by atoms with Gasteiger partial charge in [0.05, 0.1) is 0 Å². The molecule has 0 spiro atoms. The molecule has 1 heterocycles. The van der Waals surface area contributed by atoms with Gasteiger partial charge in [-0.05, 0) is 27.2 Å². The molecule has 0 amide bonds. The van der Waals surface area contributed by atoms with Gasteiger partial charge in [-0.1, -0.05) is 6.92 Å². The maximum Gasteiger partial charge on any atom is 0.451 e. The fourth-order valence-electron chi connectivity index (χ4n) is 1.84. The van der Waals surface area contributed by atoms with Crippen molar-refractivity contribution in [3.05, 3.63) is 11.9 Å². The van der Waals surface area contributed by atoms with E-state index in [1.165, 1.54) is 0 Å². The number of nitrogens with one attached hydrogen (secondary N) is 1. The lowest BCUT2D eigenvalue weighted by atomic mass is 10.3. The van der Waals surface area contributed by atoms with Crippen LogP contribution >= 0.6 is 0 Å². The Morgan fingerprint density at radius 1 is 1.25 bits per heavy atom. The van der Waals surface area contributed by atoms with Crippen LogP contribution in [-0.4, -0.2) is 29.1 Å². The molecule has 0 aliphatic carbocycles. The molecule has 0 unspecified atom stereocenters. The summed E-state index contributed by atoms with van der Waals surface area (Å²) >= 11 is 0. The van der Waals surface area contributed by atoms with Crippen molar-refractivity contribution in [2.75, 3.05) is 23.3 Å². The standard InChI is InChI=1S/C13H21F3N4/c1-5-7-17-10-8-11(20(6-2)9(3)4)19-12(18-10)13(14,15)16/h8-9H,5-7H2,1-4H3,(H,17,18,19). The van der Waals surface area contributed by atoms with Gasteiger partial charge in [0.1, 0.15) is 11.6 Å². The molecule has 0 aliphatic rings. The van der Waals surface area contributed by atoms with E-state index in [0.29, 0.717) is 18.9 Å². The second-order valence-electron chi connectivity index (χ2n) is 4.74. The van der Waals surface area contributed by atoms with Crippen molar-refractivity contribution in [1.29, 1.82) is 0 Å². The highest BCUT2D eigenvalue weighted by atomic mass is 19.4. The van der Waals surface area contributed by atoms with E-state index in [9.17, 15) is 13.2 Å². The summed E-state index contributed by atoms with van der Waals surface area (Å²) in [4.78, 5) is 9.00. The Balaban J connectivity index is 3.22. The van der Waals surface area contributed by atoms with Crippen molar-refractivity contribution >= 4 is 11.6 Å². The number of rotatable bonds is 6. The van der Waals surface area contributed by atoms with E-state index in [1.807, 2.05) is 27.7 Å². The molecular weight excluding hydrogens is 269 g/mol. The molecule has 0 bridgehead atoms. The Hall–Kier alpha value is -1.53. The molecule has 0 saturated carbocycles. The van der Waals surface area contributed by atoms with Crippen molar-refractivity contribution in [3.8, 4) is 0 Å².